The van der Waals surface area contributed by atoms with Crippen LogP contribution in [-0.2, 0) is 19.1 Å². The molecule has 4 amide bonds. The van der Waals surface area contributed by atoms with Crippen molar-refractivity contribution in [2.45, 2.75) is 77.0 Å². The van der Waals surface area contributed by atoms with Crippen LogP contribution in [0.4, 0.5) is 4.79 Å². The predicted molar refractivity (Wildman–Crippen MR) is 234 cm³/mol. The molecule has 2 saturated heterocycles. The lowest BCUT2D eigenvalue weighted by molar-refractivity contribution is -0.137. The number of hydrogen-bond acceptors (Lipinski definition) is 7. The number of rotatable bonds is 12. The van der Waals surface area contributed by atoms with Crippen LogP contribution in [0.1, 0.15) is 88.2 Å². The summed E-state index contributed by atoms with van der Waals surface area (Å²) in [4.78, 5) is 72.1. The summed E-state index contributed by atoms with van der Waals surface area (Å²) in [5.41, 5.74) is 6.66. The third kappa shape index (κ3) is 8.63. The number of carbonyl (C=O) groups is 4. The molecule has 6 aromatic rings. The van der Waals surface area contributed by atoms with E-state index in [2.05, 4.69) is 81.3 Å². The number of nitrogens with one attached hydrogen (secondary N) is 4. The van der Waals surface area contributed by atoms with E-state index >= 15 is 0 Å². The molecule has 4 atom stereocenters. The molecular formula is C48H52N8O5. The minimum Gasteiger partial charge on any atom is -0.453 e. The number of likely N-dealkylation sites (tertiary alicyclic amines) is 2. The van der Waals surface area contributed by atoms with Crippen LogP contribution >= 0.6 is 0 Å². The van der Waals surface area contributed by atoms with E-state index in [1.165, 1.54) is 7.11 Å². The van der Waals surface area contributed by atoms with Gasteiger partial charge in [0.25, 0.3) is 0 Å². The first-order valence-electron chi connectivity index (χ1n) is 21.2. The molecule has 4 aromatic carbocycles. The van der Waals surface area contributed by atoms with E-state index in [9.17, 15) is 19.2 Å². The molecule has 0 saturated carbocycles. The normalized spacial score (nSPS) is 17.4. The van der Waals surface area contributed by atoms with E-state index in [0.29, 0.717) is 19.5 Å². The van der Waals surface area contributed by atoms with E-state index in [4.69, 9.17) is 14.7 Å². The number of aromatic nitrogens is 4. The molecule has 2 aliphatic heterocycles. The number of benzene rings is 4. The Labute approximate surface area is 355 Å². The van der Waals surface area contributed by atoms with Crippen LogP contribution in [-0.4, -0.2) is 79.8 Å². The van der Waals surface area contributed by atoms with Gasteiger partial charge in [0.05, 0.1) is 43.0 Å². The molecule has 0 radical (unpaired) electrons. The Balaban J connectivity index is 0.942. The zero-order chi connectivity index (χ0) is 42.6. The van der Waals surface area contributed by atoms with Gasteiger partial charge in [-0.1, -0.05) is 99.6 Å². The average molecular weight is 821 g/mol. The van der Waals surface area contributed by atoms with Crippen LogP contribution in [0.15, 0.2) is 103 Å². The van der Waals surface area contributed by atoms with Crippen molar-refractivity contribution in [3.63, 3.8) is 0 Å². The van der Waals surface area contributed by atoms with Gasteiger partial charge in [-0.15, -0.1) is 0 Å². The van der Waals surface area contributed by atoms with Crippen LogP contribution in [0.5, 0.6) is 0 Å². The highest BCUT2D eigenvalue weighted by atomic mass is 16.5. The van der Waals surface area contributed by atoms with Gasteiger partial charge >= 0.3 is 6.09 Å². The fourth-order valence-electron chi connectivity index (χ4n) is 8.61. The summed E-state index contributed by atoms with van der Waals surface area (Å²) >= 11 is 0. The number of nitrogens with zero attached hydrogens (tertiary/aromatic N) is 4. The van der Waals surface area contributed by atoms with Crippen molar-refractivity contribution >= 4 is 34.6 Å². The Bertz CT molecular complexity index is 2530. The molecule has 2 aliphatic rings. The van der Waals surface area contributed by atoms with Crippen molar-refractivity contribution in [1.82, 2.24) is 40.4 Å². The Morgan fingerprint density at radius 1 is 0.705 bits per heavy atom. The van der Waals surface area contributed by atoms with Gasteiger partial charge in [-0.05, 0) is 76.8 Å². The van der Waals surface area contributed by atoms with Crippen molar-refractivity contribution in [2.75, 3.05) is 20.2 Å². The second-order valence-corrected chi connectivity index (χ2v) is 16.2. The molecular weight excluding hydrogens is 769 g/mol. The van der Waals surface area contributed by atoms with Gasteiger partial charge in [0.2, 0.25) is 17.7 Å². The van der Waals surface area contributed by atoms with Gasteiger partial charge in [0, 0.05) is 25.1 Å². The van der Waals surface area contributed by atoms with E-state index in [-0.39, 0.29) is 35.7 Å². The lowest BCUT2D eigenvalue weighted by atomic mass is 9.98. The molecule has 2 aromatic heterocycles. The van der Waals surface area contributed by atoms with E-state index in [0.717, 1.165) is 87.3 Å². The molecule has 61 heavy (non-hydrogen) atoms. The average Bonchev–Trinajstić information content (AvgIpc) is 4.14. The second kappa shape index (κ2) is 17.8. The first-order chi connectivity index (χ1) is 29.6. The van der Waals surface area contributed by atoms with Crippen LogP contribution in [0.2, 0.25) is 0 Å². The van der Waals surface area contributed by atoms with E-state index in [1.54, 1.807) is 6.92 Å². The standard InChI is InChI=1S/C48H52N8O5/c1-5-41(57)53-43(32-11-7-6-8-12-32)47(59)56-24-10-14-40(56)44-49-27-37(51-44)31-17-15-30(16-18-31)33-19-20-35-26-36(22-21-34(35)25-33)38-28-50-45(52-38)39-13-9-23-55(39)46(58)42(29(2)3)54-48(60)61-4/h6-8,11-12,15-22,25-29,39-40,42-43H,5,9-10,13-14,23-24H2,1-4H3,(H,49,51)(H,50,52)(H,53,57)(H,54,60)/t39-,40-,42?,43+/m0/s1. The maximum absolute atomic E-state index is 14.0. The molecule has 13 heteroatoms. The van der Waals surface area contributed by atoms with Crippen LogP contribution in [0.25, 0.3) is 44.4 Å². The summed E-state index contributed by atoms with van der Waals surface area (Å²) < 4.78 is 4.77. The summed E-state index contributed by atoms with van der Waals surface area (Å²) in [7, 11) is 1.29. The van der Waals surface area contributed by atoms with E-state index < -0.39 is 18.2 Å². The minimum atomic E-state index is -0.755. The second-order valence-electron chi connectivity index (χ2n) is 16.2. The maximum atomic E-state index is 14.0. The van der Waals surface area contributed by atoms with Crippen LogP contribution in [0.3, 0.4) is 0 Å². The Morgan fingerprint density at radius 3 is 1.84 bits per heavy atom. The zero-order valence-electron chi connectivity index (χ0n) is 35.0. The number of alkyl carbamates (subject to hydrolysis) is 1. The number of ether oxygens (including phenoxy) is 1. The molecule has 314 valence electrons. The number of carbonyl (C=O) groups excluding carboxylic acids is 4. The Kier molecular flexibility index (Phi) is 12.0. The summed E-state index contributed by atoms with van der Waals surface area (Å²) in [6, 6.07) is 28.7. The van der Waals surface area contributed by atoms with Gasteiger partial charge < -0.3 is 35.1 Å². The first-order valence-corrected chi connectivity index (χ1v) is 21.2. The molecule has 0 spiro atoms. The summed E-state index contributed by atoms with van der Waals surface area (Å²) in [5.74, 6) is 0.923. The quantitative estimate of drug-likeness (QED) is 0.0965. The van der Waals surface area contributed by atoms with Crippen molar-refractivity contribution in [2.24, 2.45) is 5.92 Å². The first kappa shape index (κ1) is 41.0. The van der Waals surface area contributed by atoms with Gasteiger partial charge in [0.1, 0.15) is 23.7 Å². The van der Waals surface area contributed by atoms with Crippen molar-refractivity contribution in [3.05, 3.63) is 121 Å². The molecule has 2 fully saturated rings. The molecule has 8 rings (SSSR count). The number of H-pyrrole nitrogens is 2. The highest BCUT2D eigenvalue weighted by molar-refractivity contribution is 5.91. The highest BCUT2D eigenvalue weighted by Crippen LogP contribution is 2.36. The molecule has 4 heterocycles. The lowest BCUT2D eigenvalue weighted by Gasteiger charge is -2.30. The van der Waals surface area contributed by atoms with Crippen molar-refractivity contribution in [3.8, 4) is 33.6 Å². The summed E-state index contributed by atoms with van der Waals surface area (Å²) in [6.45, 7) is 6.78. The van der Waals surface area contributed by atoms with Gasteiger partial charge in [-0.25, -0.2) is 14.8 Å². The molecule has 0 aliphatic carbocycles. The third-order valence-electron chi connectivity index (χ3n) is 12.0. The number of aromatic amines is 2. The number of hydrogen-bond donors (Lipinski definition) is 4. The Morgan fingerprint density at radius 2 is 1.25 bits per heavy atom. The minimum absolute atomic E-state index is 0.105. The molecule has 13 nitrogen and oxygen atoms in total. The number of fused-ring (bicyclic) bond motifs is 1. The fraction of sp³-hybridized carbons (Fsp3) is 0.333. The fourth-order valence-corrected chi connectivity index (χ4v) is 8.61. The topological polar surface area (TPSA) is 165 Å². The van der Waals surface area contributed by atoms with Gasteiger partial charge in [-0.2, -0.15) is 0 Å². The summed E-state index contributed by atoms with van der Waals surface area (Å²) in [5, 5.41) is 7.84. The van der Waals surface area contributed by atoms with Gasteiger partial charge in [-0.3, -0.25) is 14.4 Å². The molecule has 0 bridgehead atoms. The van der Waals surface area contributed by atoms with Crippen molar-refractivity contribution < 1.29 is 23.9 Å². The van der Waals surface area contributed by atoms with Crippen molar-refractivity contribution in [1.29, 1.82) is 0 Å². The Hall–Kier alpha value is -6.76. The molecule has 1 unspecified atom stereocenters. The van der Waals surface area contributed by atoms with Gasteiger partial charge in [0.15, 0.2) is 0 Å². The van der Waals surface area contributed by atoms with Crippen LogP contribution < -0.4 is 10.6 Å². The van der Waals surface area contributed by atoms with E-state index in [1.807, 2.05) is 66.4 Å². The highest BCUT2D eigenvalue weighted by Gasteiger charge is 2.38. The smallest absolute Gasteiger partial charge is 0.407 e. The number of imidazole rings is 2. The SMILES string of the molecule is CCC(=O)N[C@@H](C(=O)N1CCC[C@H]1c1ncc(-c2ccc(-c3ccc4cc(-c5cnc([C@@H]6CCCN6C(=O)C(NC(=O)OC)C(C)C)[nH]5)ccc4c3)cc2)[nH]1)c1ccccc1. The number of amides is 4. The molecule has 4 N–H and O–H groups in total. The van der Waals surface area contributed by atoms with Crippen LogP contribution in [0, 0.1) is 5.92 Å². The summed E-state index contributed by atoms with van der Waals surface area (Å²) in [6.07, 6.45) is 6.59. The lowest BCUT2D eigenvalue weighted by Crippen LogP contribution is -2.51. The predicted octanol–water partition coefficient (Wildman–Crippen LogP) is 8.26. The maximum Gasteiger partial charge on any atom is 0.407 e. The largest absolute Gasteiger partial charge is 0.453 e. The monoisotopic (exact) mass is 820 g/mol. The third-order valence-corrected chi connectivity index (χ3v) is 12.0. The zero-order valence-corrected chi connectivity index (χ0v) is 35.0. The number of methoxy groups -OCH3 is 1.